The van der Waals surface area contributed by atoms with Crippen LogP contribution in [0.3, 0.4) is 0 Å². The zero-order valence-corrected chi connectivity index (χ0v) is 14.8. The summed E-state index contributed by atoms with van der Waals surface area (Å²) < 4.78 is 0. The Hall–Kier alpha value is -2.04. The van der Waals surface area contributed by atoms with Gasteiger partial charge in [-0.25, -0.2) is 0 Å². The second kappa shape index (κ2) is 7.06. The van der Waals surface area contributed by atoms with Gasteiger partial charge in [0.05, 0.1) is 0 Å². The van der Waals surface area contributed by atoms with Crippen LogP contribution in [0.25, 0.3) is 0 Å². The van der Waals surface area contributed by atoms with Crippen LogP contribution in [0.5, 0.6) is 0 Å². The minimum absolute atomic E-state index is 0.103. The molecule has 1 aromatic carbocycles. The molecule has 2 heterocycles. The van der Waals surface area contributed by atoms with Gasteiger partial charge in [0.2, 0.25) is 11.8 Å². The largest absolute Gasteiger partial charge is 0.368 e. The summed E-state index contributed by atoms with van der Waals surface area (Å²) >= 11 is 0. The van der Waals surface area contributed by atoms with Gasteiger partial charge in [-0.1, -0.05) is 18.2 Å². The fraction of sp³-hybridized carbons (Fsp3) is 0.600. The van der Waals surface area contributed by atoms with Crippen molar-refractivity contribution in [1.82, 2.24) is 9.80 Å². The third-order valence-corrected chi connectivity index (χ3v) is 5.80. The van der Waals surface area contributed by atoms with Crippen molar-refractivity contribution in [2.75, 3.05) is 44.2 Å². The molecule has 2 saturated heterocycles. The second-order valence-corrected chi connectivity index (χ2v) is 7.52. The number of anilines is 1. The van der Waals surface area contributed by atoms with Crippen LogP contribution >= 0.6 is 0 Å². The van der Waals surface area contributed by atoms with Crippen LogP contribution in [0.2, 0.25) is 0 Å². The second-order valence-electron chi connectivity index (χ2n) is 7.52. The predicted octanol–water partition coefficient (Wildman–Crippen LogP) is 1.98. The van der Waals surface area contributed by atoms with E-state index >= 15 is 0 Å². The lowest BCUT2D eigenvalue weighted by Gasteiger charge is -2.39. The third-order valence-electron chi connectivity index (χ3n) is 5.80. The molecule has 0 aromatic heterocycles. The number of carbonyl (C=O) groups excluding carboxylic acids is 2. The molecule has 134 valence electrons. The Kier molecular flexibility index (Phi) is 4.64. The molecule has 0 bridgehead atoms. The summed E-state index contributed by atoms with van der Waals surface area (Å²) in [6.45, 7) is 4.92. The van der Waals surface area contributed by atoms with E-state index in [1.54, 1.807) is 0 Å². The molecule has 3 fully saturated rings. The highest BCUT2D eigenvalue weighted by molar-refractivity contribution is 5.82. The van der Waals surface area contributed by atoms with Crippen LogP contribution in [-0.2, 0) is 9.59 Å². The fourth-order valence-electron chi connectivity index (χ4n) is 4.02. The lowest BCUT2D eigenvalue weighted by Crippen LogP contribution is -2.52. The van der Waals surface area contributed by atoms with E-state index in [9.17, 15) is 9.59 Å². The van der Waals surface area contributed by atoms with Crippen molar-refractivity contribution in [3.05, 3.63) is 30.3 Å². The SMILES string of the molecule is O=C(C1CC1)N1CCC(C(=O)N2CCN(c3ccccc3)CC2)CC1. The molecule has 2 amide bonds. The Bertz CT molecular complexity index is 613. The molecule has 5 heteroatoms. The third kappa shape index (κ3) is 3.65. The van der Waals surface area contributed by atoms with Crippen molar-refractivity contribution in [2.24, 2.45) is 11.8 Å². The number of para-hydroxylation sites is 1. The molecule has 4 rings (SSSR count). The van der Waals surface area contributed by atoms with Gasteiger partial charge in [0.1, 0.15) is 0 Å². The zero-order chi connectivity index (χ0) is 17.2. The quantitative estimate of drug-likeness (QED) is 0.844. The van der Waals surface area contributed by atoms with Crippen LogP contribution in [0.15, 0.2) is 30.3 Å². The highest BCUT2D eigenvalue weighted by Crippen LogP contribution is 2.32. The summed E-state index contributed by atoms with van der Waals surface area (Å²) in [6, 6.07) is 10.4. The average molecular weight is 341 g/mol. The highest BCUT2D eigenvalue weighted by Gasteiger charge is 2.37. The van der Waals surface area contributed by atoms with Crippen LogP contribution in [0.4, 0.5) is 5.69 Å². The minimum atomic E-state index is 0.103. The lowest BCUT2D eigenvalue weighted by atomic mass is 9.94. The summed E-state index contributed by atoms with van der Waals surface area (Å²) in [5, 5.41) is 0. The molecule has 0 unspecified atom stereocenters. The van der Waals surface area contributed by atoms with Gasteiger partial charge in [0.15, 0.2) is 0 Å². The van der Waals surface area contributed by atoms with E-state index in [-0.39, 0.29) is 5.92 Å². The molecular formula is C20H27N3O2. The minimum Gasteiger partial charge on any atom is -0.368 e. The first kappa shape index (κ1) is 16.4. The van der Waals surface area contributed by atoms with E-state index in [2.05, 4.69) is 29.2 Å². The molecule has 0 atom stereocenters. The van der Waals surface area contributed by atoms with Crippen LogP contribution < -0.4 is 4.90 Å². The highest BCUT2D eigenvalue weighted by atomic mass is 16.2. The molecule has 1 saturated carbocycles. The van der Waals surface area contributed by atoms with Crippen molar-refractivity contribution in [3.63, 3.8) is 0 Å². The number of rotatable bonds is 3. The number of benzene rings is 1. The zero-order valence-electron chi connectivity index (χ0n) is 14.8. The van der Waals surface area contributed by atoms with E-state index in [0.717, 1.165) is 65.0 Å². The number of hydrogen-bond donors (Lipinski definition) is 0. The fourth-order valence-corrected chi connectivity index (χ4v) is 4.02. The van der Waals surface area contributed by atoms with E-state index in [4.69, 9.17) is 0 Å². The maximum absolute atomic E-state index is 12.8. The van der Waals surface area contributed by atoms with Crippen molar-refractivity contribution in [2.45, 2.75) is 25.7 Å². The normalized spacial score (nSPS) is 22.2. The Morgan fingerprint density at radius 1 is 0.680 bits per heavy atom. The summed E-state index contributed by atoms with van der Waals surface area (Å²) in [5.74, 6) is 1.01. The molecule has 0 N–H and O–H groups in total. The van der Waals surface area contributed by atoms with Gasteiger partial charge in [0, 0.05) is 56.8 Å². The molecule has 3 aliphatic rings. The molecule has 2 aliphatic heterocycles. The predicted molar refractivity (Wildman–Crippen MR) is 97.3 cm³/mol. The standard InChI is InChI=1S/C20H27N3O2/c24-19(16-6-7-16)22-10-8-17(9-11-22)20(25)23-14-12-21(13-15-23)18-4-2-1-3-5-18/h1-5,16-17H,6-15H2. The Morgan fingerprint density at radius 2 is 1.20 bits per heavy atom. The number of nitrogens with zero attached hydrogens (tertiary/aromatic N) is 3. The molecule has 0 spiro atoms. The van der Waals surface area contributed by atoms with Gasteiger partial charge >= 0.3 is 0 Å². The molecule has 5 nitrogen and oxygen atoms in total. The van der Waals surface area contributed by atoms with Crippen LogP contribution in [0, 0.1) is 11.8 Å². The number of piperazine rings is 1. The van der Waals surface area contributed by atoms with Gasteiger partial charge in [0.25, 0.3) is 0 Å². The first-order valence-electron chi connectivity index (χ1n) is 9.60. The van der Waals surface area contributed by atoms with E-state index in [1.807, 2.05) is 15.9 Å². The summed E-state index contributed by atoms with van der Waals surface area (Å²) in [7, 11) is 0. The van der Waals surface area contributed by atoms with Crippen LogP contribution in [0.1, 0.15) is 25.7 Å². The van der Waals surface area contributed by atoms with Crippen molar-refractivity contribution in [3.8, 4) is 0 Å². The van der Waals surface area contributed by atoms with Crippen molar-refractivity contribution < 1.29 is 9.59 Å². The number of likely N-dealkylation sites (tertiary alicyclic amines) is 1. The first-order valence-corrected chi connectivity index (χ1v) is 9.60. The van der Waals surface area contributed by atoms with Crippen LogP contribution in [-0.4, -0.2) is 60.9 Å². The van der Waals surface area contributed by atoms with E-state index in [0.29, 0.717) is 17.7 Å². The molecule has 1 aromatic rings. The van der Waals surface area contributed by atoms with Gasteiger partial charge in [-0.15, -0.1) is 0 Å². The van der Waals surface area contributed by atoms with Gasteiger partial charge < -0.3 is 14.7 Å². The topological polar surface area (TPSA) is 43.9 Å². The average Bonchev–Trinajstić information content (AvgIpc) is 3.53. The Labute approximate surface area is 149 Å². The monoisotopic (exact) mass is 341 g/mol. The lowest BCUT2D eigenvalue weighted by molar-refractivity contribution is -0.141. The molecule has 1 aliphatic carbocycles. The van der Waals surface area contributed by atoms with Gasteiger partial charge in [-0.2, -0.15) is 0 Å². The summed E-state index contributed by atoms with van der Waals surface area (Å²) in [6.07, 6.45) is 3.78. The molecule has 0 radical (unpaired) electrons. The van der Waals surface area contributed by atoms with E-state index < -0.39 is 0 Å². The molecular weight excluding hydrogens is 314 g/mol. The maximum atomic E-state index is 12.8. The van der Waals surface area contributed by atoms with Crippen molar-refractivity contribution >= 4 is 17.5 Å². The smallest absolute Gasteiger partial charge is 0.225 e. The number of carbonyl (C=O) groups is 2. The molecule has 25 heavy (non-hydrogen) atoms. The maximum Gasteiger partial charge on any atom is 0.225 e. The van der Waals surface area contributed by atoms with Gasteiger partial charge in [-0.05, 0) is 37.8 Å². The van der Waals surface area contributed by atoms with Crippen molar-refractivity contribution in [1.29, 1.82) is 0 Å². The first-order chi connectivity index (χ1) is 12.2. The number of hydrogen-bond acceptors (Lipinski definition) is 3. The summed E-state index contributed by atoms with van der Waals surface area (Å²) in [4.78, 5) is 31.3. The Morgan fingerprint density at radius 3 is 1.76 bits per heavy atom. The van der Waals surface area contributed by atoms with E-state index in [1.165, 1.54) is 5.69 Å². The number of piperidine rings is 1. The Balaban J connectivity index is 1.26. The van der Waals surface area contributed by atoms with Gasteiger partial charge in [-0.3, -0.25) is 9.59 Å². The summed E-state index contributed by atoms with van der Waals surface area (Å²) in [5.41, 5.74) is 1.24. The number of amides is 2.